The quantitative estimate of drug-likeness (QED) is 0.807. The maximum atomic E-state index is 12.1. The van der Waals surface area contributed by atoms with Gasteiger partial charge in [0.15, 0.2) is 0 Å². The van der Waals surface area contributed by atoms with Crippen LogP contribution in [-0.2, 0) is 11.3 Å². The van der Waals surface area contributed by atoms with Crippen LogP contribution in [0.1, 0.15) is 37.0 Å². The van der Waals surface area contributed by atoms with Crippen molar-refractivity contribution in [1.29, 1.82) is 0 Å². The summed E-state index contributed by atoms with van der Waals surface area (Å²) >= 11 is 1.84. The van der Waals surface area contributed by atoms with Gasteiger partial charge in [-0.1, -0.05) is 6.07 Å². The molecule has 1 saturated heterocycles. The van der Waals surface area contributed by atoms with Gasteiger partial charge in [0.1, 0.15) is 0 Å². The van der Waals surface area contributed by atoms with Crippen molar-refractivity contribution in [2.45, 2.75) is 44.7 Å². The number of carbonyl (C=O) groups is 1. The average molecular weight is 394 g/mol. The summed E-state index contributed by atoms with van der Waals surface area (Å²) in [6, 6.07) is 4.57. The van der Waals surface area contributed by atoms with Gasteiger partial charge in [0.2, 0.25) is 5.91 Å². The van der Waals surface area contributed by atoms with Crippen LogP contribution in [0.2, 0.25) is 0 Å². The van der Waals surface area contributed by atoms with Crippen molar-refractivity contribution in [2.24, 2.45) is 17.6 Å². The lowest BCUT2D eigenvalue weighted by Gasteiger charge is -2.31. The molecular formula is C17H29Cl2N3OS. The summed E-state index contributed by atoms with van der Waals surface area (Å²) in [6.07, 6.45) is 5.21. The summed E-state index contributed by atoms with van der Waals surface area (Å²) in [4.78, 5) is 16.1. The largest absolute Gasteiger partial charge is 0.356 e. The van der Waals surface area contributed by atoms with Crippen LogP contribution >= 0.6 is 36.2 Å². The normalized spacial score (nSPS) is 24.9. The standard InChI is InChI=1S/C17H27N3OS.2ClH/c18-15-4-3-14(10-15)17(21)19-11-13-5-7-20(8-6-13)12-16-2-1-9-22-16;;/h1-2,9,13-15H,3-8,10-12,18H2,(H,19,21);2*1H. The third-order valence-electron chi connectivity index (χ3n) is 5.08. The van der Waals surface area contributed by atoms with Crippen molar-refractivity contribution in [1.82, 2.24) is 10.2 Å². The van der Waals surface area contributed by atoms with Gasteiger partial charge in [-0.05, 0) is 62.6 Å². The van der Waals surface area contributed by atoms with Crippen LogP contribution in [0, 0.1) is 11.8 Å². The van der Waals surface area contributed by atoms with Crippen LogP contribution in [0.4, 0.5) is 0 Å². The minimum atomic E-state index is 0. The average Bonchev–Trinajstić information content (AvgIpc) is 3.18. The Hall–Kier alpha value is -0.330. The van der Waals surface area contributed by atoms with E-state index in [0.717, 1.165) is 45.4 Å². The molecule has 1 saturated carbocycles. The Bertz CT molecular complexity index is 478. The van der Waals surface area contributed by atoms with Crippen molar-refractivity contribution in [3.05, 3.63) is 22.4 Å². The molecule has 3 rings (SSSR count). The van der Waals surface area contributed by atoms with Crippen molar-refractivity contribution >= 4 is 42.1 Å². The molecular weight excluding hydrogens is 365 g/mol. The highest BCUT2D eigenvalue weighted by molar-refractivity contribution is 7.09. The first-order chi connectivity index (χ1) is 10.7. The number of hydrogen-bond donors (Lipinski definition) is 2. The van der Waals surface area contributed by atoms with E-state index in [1.54, 1.807) is 0 Å². The van der Waals surface area contributed by atoms with E-state index in [9.17, 15) is 4.79 Å². The number of nitrogens with one attached hydrogen (secondary N) is 1. The SMILES string of the molecule is Cl.Cl.NC1CCC(C(=O)NCC2CCN(Cc3cccs3)CC2)C1. The monoisotopic (exact) mass is 393 g/mol. The topological polar surface area (TPSA) is 58.4 Å². The maximum absolute atomic E-state index is 12.1. The fourth-order valence-electron chi connectivity index (χ4n) is 3.62. The third kappa shape index (κ3) is 6.19. The van der Waals surface area contributed by atoms with E-state index >= 15 is 0 Å². The van der Waals surface area contributed by atoms with E-state index in [4.69, 9.17) is 5.73 Å². The second-order valence-corrected chi connectivity index (χ2v) is 7.85. The lowest BCUT2D eigenvalue weighted by atomic mass is 9.96. The van der Waals surface area contributed by atoms with Gasteiger partial charge in [-0.2, -0.15) is 0 Å². The molecule has 2 unspecified atom stereocenters. The van der Waals surface area contributed by atoms with Gasteiger partial charge >= 0.3 is 0 Å². The summed E-state index contributed by atoms with van der Waals surface area (Å²) in [5, 5.41) is 5.31. The molecule has 0 spiro atoms. The number of nitrogens with zero attached hydrogens (tertiary/aromatic N) is 1. The fourth-order valence-corrected chi connectivity index (χ4v) is 4.36. The first kappa shape index (κ1) is 21.7. The van der Waals surface area contributed by atoms with Crippen LogP contribution in [0.3, 0.4) is 0 Å². The summed E-state index contributed by atoms with van der Waals surface area (Å²) in [7, 11) is 0. The number of piperidine rings is 1. The molecule has 1 aromatic heterocycles. The second-order valence-electron chi connectivity index (χ2n) is 6.81. The Morgan fingerprint density at radius 1 is 1.25 bits per heavy atom. The number of carbonyl (C=O) groups excluding carboxylic acids is 1. The highest BCUT2D eigenvalue weighted by atomic mass is 35.5. The molecule has 1 aliphatic carbocycles. The number of thiophene rings is 1. The van der Waals surface area contributed by atoms with Crippen LogP contribution in [0.15, 0.2) is 17.5 Å². The summed E-state index contributed by atoms with van der Waals surface area (Å²) in [5.41, 5.74) is 5.89. The van der Waals surface area contributed by atoms with Gasteiger partial charge in [0, 0.05) is 29.9 Å². The zero-order valence-electron chi connectivity index (χ0n) is 14.0. The van der Waals surface area contributed by atoms with Crippen LogP contribution in [0.5, 0.6) is 0 Å². The van der Waals surface area contributed by atoms with Gasteiger partial charge in [-0.3, -0.25) is 9.69 Å². The van der Waals surface area contributed by atoms with Crippen molar-refractivity contribution in [3.8, 4) is 0 Å². The fraction of sp³-hybridized carbons (Fsp3) is 0.706. The van der Waals surface area contributed by atoms with E-state index in [1.165, 1.54) is 17.7 Å². The number of likely N-dealkylation sites (tertiary alicyclic amines) is 1. The molecule has 4 nitrogen and oxygen atoms in total. The highest BCUT2D eigenvalue weighted by Gasteiger charge is 2.28. The molecule has 2 atom stereocenters. The van der Waals surface area contributed by atoms with Gasteiger partial charge in [0.25, 0.3) is 0 Å². The first-order valence-electron chi connectivity index (χ1n) is 8.48. The lowest BCUT2D eigenvalue weighted by Crippen LogP contribution is -2.39. The molecule has 1 aromatic rings. The molecule has 0 radical (unpaired) electrons. The number of rotatable bonds is 5. The summed E-state index contributed by atoms with van der Waals surface area (Å²) in [6.45, 7) is 4.22. The van der Waals surface area contributed by atoms with Crippen LogP contribution < -0.4 is 11.1 Å². The van der Waals surface area contributed by atoms with E-state index in [0.29, 0.717) is 5.92 Å². The minimum absolute atomic E-state index is 0. The van der Waals surface area contributed by atoms with Gasteiger partial charge < -0.3 is 11.1 Å². The number of amides is 1. The smallest absolute Gasteiger partial charge is 0.223 e. The third-order valence-corrected chi connectivity index (χ3v) is 5.94. The molecule has 2 aliphatic rings. The molecule has 2 heterocycles. The maximum Gasteiger partial charge on any atom is 0.223 e. The Labute approximate surface area is 161 Å². The van der Waals surface area contributed by atoms with E-state index in [-0.39, 0.29) is 42.7 Å². The zero-order valence-corrected chi connectivity index (χ0v) is 16.4. The van der Waals surface area contributed by atoms with Crippen molar-refractivity contribution in [3.63, 3.8) is 0 Å². The Balaban J connectivity index is 0.00000144. The van der Waals surface area contributed by atoms with Crippen molar-refractivity contribution < 1.29 is 4.79 Å². The summed E-state index contributed by atoms with van der Waals surface area (Å²) in [5.74, 6) is 1.03. The highest BCUT2D eigenvalue weighted by Crippen LogP contribution is 2.25. The Morgan fingerprint density at radius 3 is 2.58 bits per heavy atom. The number of hydrogen-bond acceptors (Lipinski definition) is 4. The molecule has 0 bridgehead atoms. The molecule has 24 heavy (non-hydrogen) atoms. The molecule has 1 aliphatic heterocycles. The number of nitrogens with two attached hydrogens (primary N) is 1. The number of halogens is 2. The van der Waals surface area contributed by atoms with E-state index < -0.39 is 0 Å². The lowest BCUT2D eigenvalue weighted by molar-refractivity contribution is -0.125. The van der Waals surface area contributed by atoms with Gasteiger partial charge in [0.05, 0.1) is 0 Å². The first-order valence-corrected chi connectivity index (χ1v) is 9.36. The molecule has 138 valence electrons. The Morgan fingerprint density at radius 2 is 2.00 bits per heavy atom. The molecule has 1 amide bonds. The van der Waals surface area contributed by atoms with Gasteiger partial charge in [-0.25, -0.2) is 0 Å². The van der Waals surface area contributed by atoms with Crippen molar-refractivity contribution in [2.75, 3.05) is 19.6 Å². The molecule has 2 fully saturated rings. The predicted molar refractivity (Wildman–Crippen MR) is 105 cm³/mol. The van der Waals surface area contributed by atoms with Crippen LogP contribution in [-0.4, -0.2) is 36.5 Å². The Kier molecular flexibility index (Phi) is 9.60. The zero-order chi connectivity index (χ0) is 15.4. The predicted octanol–water partition coefficient (Wildman–Crippen LogP) is 3.05. The second kappa shape index (κ2) is 10.6. The summed E-state index contributed by atoms with van der Waals surface area (Å²) < 4.78 is 0. The molecule has 7 heteroatoms. The molecule has 3 N–H and O–H groups in total. The van der Waals surface area contributed by atoms with Gasteiger partial charge in [-0.15, -0.1) is 36.2 Å². The molecule has 0 aromatic carbocycles. The van der Waals surface area contributed by atoms with Crippen LogP contribution in [0.25, 0.3) is 0 Å². The van der Waals surface area contributed by atoms with E-state index in [2.05, 4.69) is 27.7 Å². The van der Waals surface area contributed by atoms with E-state index in [1.807, 2.05) is 11.3 Å². The minimum Gasteiger partial charge on any atom is -0.356 e.